The topological polar surface area (TPSA) is 88.2 Å². The van der Waals surface area contributed by atoms with Crippen LogP contribution >= 0.6 is 15.9 Å². The van der Waals surface area contributed by atoms with Crippen LogP contribution in [0.2, 0.25) is 0 Å². The number of carbonyl (C=O) groups is 2. The number of pyridine rings is 1. The predicted octanol–water partition coefficient (Wildman–Crippen LogP) is 3.61. The van der Waals surface area contributed by atoms with Crippen LogP contribution in [0.25, 0.3) is 11.2 Å². The van der Waals surface area contributed by atoms with E-state index in [9.17, 15) is 9.59 Å². The number of carbonyl (C=O) groups excluding carboxylic acids is 2. The zero-order chi connectivity index (χ0) is 19.8. The van der Waals surface area contributed by atoms with Crippen molar-refractivity contribution in [2.75, 3.05) is 13.1 Å². The lowest BCUT2D eigenvalue weighted by molar-refractivity contribution is -0.157. The highest BCUT2D eigenvalue weighted by Crippen LogP contribution is 2.26. The van der Waals surface area contributed by atoms with Crippen LogP contribution in [0.1, 0.15) is 52.5 Å². The SMILES string of the molecule is C[C@H](OC(=O)[C@H]1CCCN(C(=O)C(C)(C)C)C1)c1nc2ncc(Br)cc2[nH]1. The molecule has 1 aliphatic heterocycles. The first-order chi connectivity index (χ1) is 12.6. The molecule has 0 bridgehead atoms. The third-order valence-corrected chi connectivity index (χ3v) is 5.12. The molecule has 146 valence electrons. The number of hydrogen-bond acceptors (Lipinski definition) is 5. The van der Waals surface area contributed by atoms with E-state index in [2.05, 4.69) is 30.9 Å². The van der Waals surface area contributed by atoms with Crippen molar-refractivity contribution in [2.24, 2.45) is 11.3 Å². The number of aromatic amines is 1. The summed E-state index contributed by atoms with van der Waals surface area (Å²) in [6.45, 7) is 8.58. The van der Waals surface area contributed by atoms with E-state index in [1.54, 1.807) is 18.0 Å². The highest BCUT2D eigenvalue weighted by molar-refractivity contribution is 9.10. The van der Waals surface area contributed by atoms with Crippen LogP contribution in [0, 0.1) is 11.3 Å². The minimum atomic E-state index is -0.515. The summed E-state index contributed by atoms with van der Waals surface area (Å²) in [6.07, 6.45) is 2.69. The average Bonchev–Trinajstić information content (AvgIpc) is 3.03. The van der Waals surface area contributed by atoms with E-state index in [0.29, 0.717) is 24.6 Å². The Labute approximate surface area is 167 Å². The maximum atomic E-state index is 12.6. The maximum absolute atomic E-state index is 12.6. The van der Waals surface area contributed by atoms with E-state index in [-0.39, 0.29) is 17.8 Å². The van der Waals surface area contributed by atoms with Gasteiger partial charge in [-0.3, -0.25) is 9.59 Å². The van der Waals surface area contributed by atoms with Crippen molar-refractivity contribution < 1.29 is 14.3 Å². The van der Waals surface area contributed by atoms with Crippen molar-refractivity contribution in [3.63, 3.8) is 0 Å². The van der Waals surface area contributed by atoms with E-state index in [0.717, 1.165) is 22.8 Å². The first-order valence-electron chi connectivity index (χ1n) is 9.16. The predicted molar refractivity (Wildman–Crippen MR) is 105 cm³/mol. The number of amides is 1. The van der Waals surface area contributed by atoms with E-state index in [1.165, 1.54) is 0 Å². The molecule has 1 amide bonds. The summed E-state index contributed by atoms with van der Waals surface area (Å²) in [6, 6.07) is 1.88. The average molecular weight is 437 g/mol. The number of ether oxygens (including phenoxy) is 1. The fourth-order valence-corrected chi connectivity index (χ4v) is 3.57. The molecule has 27 heavy (non-hydrogen) atoms. The summed E-state index contributed by atoms with van der Waals surface area (Å²) < 4.78 is 6.49. The van der Waals surface area contributed by atoms with Gasteiger partial charge >= 0.3 is 5.97 Å². The van der Waals surface area contributed by atoms with Crippen LogP contribution in [0.15, 0.2) is 16.7 Å². The number of H-pyrrole nitrogens is 1. The lowest BCUT2D eigenvalue weighted by atomic mass is 9.91. The standard InChI is InChI=1S/C19H25BrN4O3/c1-11(15-22-14-8-13(20)9-21-16(14)23-15)27-17(25)12-6-5-7-24(10-12)18(26)19(2,3)4/h8-9,11-12H,5-7,10H2,1-4H3,(H,21,22,23)/t11-,12-/m0/s1. The summed E-state index contributed by atoms with van der Waals surface area (Å²) in [7, 11) is 0. The highest BCUT2D eigenvalue weighted by atomic mass is 79.9. The Morgan fingerprint density at radius 2 is 2.15 bits per heavy atom. The molecule has 1 fully saturated rings. The first kappa shape index (κ1) is 19.8. The van der Waals surface area contributed by atoms with Crippen LogP contribution < -0.4 is 0 Å². The monoisotopic (exact) mass is 436 g/mol. The van der Waals surface area contributed by atoms with Crippen LogP contribution in [0.4, 0.5) is 0 Å². The van der Waals surface area contributed by atoms with E-state index in [4.69, 9.17) is 4.74 Å². The van der Waals surface area contributed by atoms with Gasteiger partial charge in [-0.15, -0.1) is 0 Å². The van der Waals surface area contributed by atoms with Crippen molar-refractivity contribution in [1.82, 2.24) is 19.9 Å². The minimum absolute atomic E-state index is 0.0713. The molecule has 0 unspecified atom stereocenters. The van der Waals surface area contributed by atoms with Crippen LogP contribution in [0.5, 0.6) is 0 Å². The quantitative estimate of drug-likeness (QED) is 0.742. The van der Waals surface area contributed by atoms with Gasteiger partial charge in [-0.05, 0) is 41.8 Å². The van der Waals surface area contributed by atoms with Crippen molar-refractivity contribution in [1.29, 1.82) is 0 Å². The van der Waals surface area contributed by atoms with Crippen molar-refractivity contribution in [3.05, 3.63) is 22.6 Å². The van der Waals surface area contributed by atoms with Gasteiger partial charge in [0.25, 0.3) is 0 Å². The Kier molecular flexibility index (Phi) is 5.55. The van der Waals surface area contributed by atoms with Gasteiger partial charge in [-0.1, -0.05) is 20.8 Å². The number of imidazole rings is 1. The largest absolute Gasteiger partial charge is 0.454 e. The van der Waals surface area contributed by atoms with E-state index >= 15 is 0 Å². The summed E-state index contributed by atoms with van der Waals surface area (Å²) in [5, 5.41) is 0. The number of halogens is 1. The number of fused-ring (bicyclic) bond motifs is 1. The third-order valence-electron chi connectivity index (χ3n) is 4.68. The second-order valence-electron chi connectivity index (χ2n) is 8.07. The van der Waals surface area contributed by atoms with Gasteiger partial charge in [0.15, 0.2) is 11.8 Å². The van der Waals surface area contributed by atoms with Gasteiger partial charge in [0.2, 0.25) is 5.91 Å². The molecule has 0 saturated carbocycles. The number of rotatable bonds is 3. The summed E-state index contributed by atoms with van der Waals surface area (Å²) in [5.41, 5.74) is 0.909. The van der Waals surface area contributed by atoms with Gasteiger partial charge in [0.1, 0.15) is 5.82 Å². The molecule has 1 N–H and O–H groups in total. The summed E-state index contributed by atoms with van der Waals surface area (Å²) in [4.78, 5) is 38.7. The van der Waals surface area contributed by atoms with E-state index < -0.39 is 11.5 Å². The summed E-state index contributed by atoms with van der Waals surface area (Å²) in [5.74, 6) is 0.0389. The molecule has 2 aromatic rings. The molecule has 2 aromatic heterocycles. The number of nitrogens with one attached hydrogen (secondary N) is 1. The molecule has 0 spiro atoms. The molecule has 0 aromatic carbocycles. The molecule has 0 radical (unpaired) electrons. The Balaban J connectivity index is 1.65. The number of esters is 1. The van der Waals surface area contributed by atoms with E-state index in [1.807, 2.05) is 26.8 Å². The molecule has 7 nitrogen and oxygen atoms in total. The van der Waals surface area contributed by atoms with Gasteiger partial charge in [0, 0.05) is 29.2 Å². The molecule has 2 atom stereocenters. The Hall–Kier alpha value is -1.96. The van der Waals surface area contributed by atoms with Crippen LogP contribution in [-0.4, -0.2) is 44.8 Å². The number of nitrogens with zero attached hydrogens (tertiary/aromatic N) is 3. The number of aromatic nitrogens is 3. The van der Waals surface area contributed by atoms with Gasteiger partial charge in [-0.2, -0.15) is 0 Å². The highest BCUT2D eigenvalue weighted by Gasteiger charge is 2.34. The van der Waals surface area contributed by atoms with Gasteiger partial charge in [-0.25, -0.2) is 9.97 Å². The Bertz CT molecular complexity index is 858. The maximum Gasteiger partial charge on any atom is 0.311 e. The second kappa shape index (κ2) is 7.58. The summed E-state index contributed by atoms with van der Waals surface area (Å²) >= 11 is 3.37. The first-order valence-corrected chi connectivity index (χ1v) is 9.95. The third kappa shape index (κ3) is 4.48. The molecule has 3 rings (SSSR count). The fourth-order valence-electron chi connectivity index (χ4n) is 3.24. The number of likely N-dealkylation sites (tertiary alicyclic amines) is 1. The molecule has 0 aliphatic carbocycles. The smallest absolute Gasteiger partial charge is 0.311 e. The van der Waals surface area contributed by atoms with Crippen molar-refractivity contribution in [3.8, 4) is 0 Å². The Morgan fingerprint density at radius 1 is 1.41 bits per heavy atom. The van der Waals surface area contributed by atoms with Gasteiger partial charge < -0.3 is 14.6 Å². The lowest BCUT2D eigenvalue weighted by Crippen LogP contribution is -2.47. The number of piperidine rings is 1. The van der Waals surface area contributed by atoms with Crippen LogP contribution in [-0.2, 0) is 14.3 Å². The lowest BCUT2D eigenvalue weighted by Gasteiger charge is -2.35. The normalized spacial score (nSPS) is 19.1. The van der Waals surface area contributed by atoms with Crippen molar-refractivity contribution in [2.45, 2.75) is 46.6 Å². The second-order valence-corrected chi connectivity index (χ2v) is 8.98. The molecule has 1 saturated heterocycles. The van der Waals surface area contributed by atoms with Crippen LogP contribution in [0.3, 0.4) is 0 Å². The molecule has 3 heterocycles. The zero-order valence-electron chi connectivity index (χ0n) is 16.1. The van der Waals surface area contributed by atoms with Gasteiger partial charge in [0.05, 0.1) is 11.4 Å². The molecule has 1 aliphatic rings. The number of hydrogen-bond donors (Lipinski definition) is 1. The molecular weight excluding hydrogens is 412 g/mol. The minimum Gasteiger partial charge on any atom is -0.454 e. The molecular formula is C19H25BrN4O3. The Morgan fingerprint density at radius 3 is 2.85 bits per heavy atom. The molecule has 8 heteroatoms. The van der Waals surface area contributed by atoms with Crippen molar-refractivity contribution >= 4 is 39.0 Å². The fraction of sp³-hybridized carbons (Fsp3) is 0.579. The zero-order valence-corrected chi connectivity index (χ0v) is 17.7.